The second kappa shape index (κ2) is 9.24. The summed E-state index contributed by atoms with van der Waals surface area (Å²) in [5.41, 5.74) is 2.44. The predicted molar refractivity (Wildman–Crippen MR) is 107 cm³/mol. The average molecular weight is 373 g/mol. The number of hydrogen-bond donors (Lipinski definition) is 1. The number of piperidine rings is 1. The minimum atomic E-state index is 0.114. The van der Waals surface area contributed by atoms with Crippen molar-refractivity contribution in [1.82, 2.24) is 20.0 Å². The highest BCUT2D eigenvalue weighted by atomic mass is 32.2. The minimum absolute atomic E-state index is 0.114. The Hall–Kier alpha value is -1.79. The summed E-state index contributed by atoms with van der Waals surface area (Å²) in [6.45, 7) is 5.21. The Morgan fingerprint density at radius 3 is 2.88 bits per heavy atom. The predicted octanol–water partition coefficient (Wildman–Crippen LogP) is 2.91. The first-order valence-corrected chi connectivity index (χ1v) is 10.3. The van der Waals surface area contributed by atoms with Crippen LogP contribution in [0.25, 0.3) is 0 Å². The van der Waals surface area contributed by atoms with Crippen molar-refractivity contribution in [3.8, 4) is 0 Å². The number of nitrogens with one attached hydrogen (secondary N) is 1. The summed E-state index contributed by atoms with van der Waals surface area (Å²) in [7, 11) is 1.88. The van der Waals surface area contributed by atoms with Crippen molar-refractivity contribution in [2.75, 3.05) is 32.4 Å². The van der Waals surface area contributed by atoms with Crippen molar-refractivity contribution < 1.29 is 4.79 Å². The Morgan fingerprint density at radius 1 is 1.35 bits per heavy atom. The molecule has 0 spiro atoms. The lowest BCUT2D eigenvalue weighted by atomic mass is 9.96. The molecule has 1 atom stereocenters. The van der Waals surface area contributed by atoms with E-state index in [1.54, 1.807) is 11.8 Å². The van der Waals surface area contributed by atoms with Crippen LogP contribution in [-0.4, -0.2) is 53.0 Å². The molecule has 0 aliphatic carbocycles. The van der Waals surface area contributed by atoms with Gasteiger partial charge in [0.05, 0.1) is 0 Å². The number of amides is 1. The number of thioether (sulfide) groups is 1. The number of aromatic nitrogens is 2. The molecule has 1 N–H and O–H groups in total. The average Bonchev–Trinajstić information content (AvgIpc) is 3.12. The van der Waals surface area contributed by atoms with Gasteiger partial charge in [-0.15, -0.1) is 11.8 Å². The van der Waals surface area contributed by atoms with Crippen molar-refractivity contribution in [1.29, 1.82) is 0 Å². The maximum atomic E-state index is 12.6. The van der Waals surface area contributed by atoms with E-state index >= 15 is 0 Å². The molecule has 1 aromatic heterocycles. The highest BCUT2D eigenvalue weighted by Crippen LogP contribution is 2.23. The van der Waals surface area contributed by atoms with Gasteiger partial charge in [-0.3, -0.25) is 9.48 Å². The van der Waals surface area contributed by atoms with E-state index in [-0.39, 0.29) is 5.91 Å². The van der Waals surface area contributed by atoms with Crippen LogP contribution in [0.5, 0.6) is 0 Å². The molecule has 1 saturated heterocycles. The van der Waals surface area contributed by atoms with E-state index in [0.29, 0.717) is 12.5 Å². The molecule has 0 saturated carbocycles. The third-order valence-corrected chi connectivity index (χ3v) is 5.88. The summed E-state index contributed by atoms with van der Waals surface area (Å²) >= 11 is 1.78. The molecule has 1 fully saturated rings. The lowest BCUT2D eigenvalue weighted by Gasteiger charge is -2.24. The first-order valence-electron chi connectivity index (χ1n) is 9.29. The zero-order valence-electron chi connectivity index (χ0n) is 15.6. The zero-order valence-corrected chi connectivity index (χ0v) is 16.5. The van der Waals surface area contributed by atoms with Crippen molar-refractivity contribution in [2.24, 2.45) is 0 Å². The van der Waals surface area contributed by atoms with Gasteiger partial charge >= 0.3 is 0 Å². The molecule has 2 heterocycles. The molecular weight excluding hydrogens is 344 g/mol. The second-order valence-electron chi connectivity index (χ2n) is 6.93. The van der Waals surface area contributed by atoms with Crippen LogP contribution in [0.15, 0.2) is 41.4 Å². The standard InChI is InChI=1S/C20H28N4OS/c1-16-5-7-18(8-6-16)26-13-12-23(2)20(25)15-24-19(9-11-22-24)17-4-3-10-21-14-17/h5-9,11,17,21H,3-4,10,12-15H2,1-2H3/t17-/m0/s1. The molecular formula is C20H28N4OS. The van der Waals surface area contributed by atoms with Crippen LogP contribution in [0.4, 0.5) is 0 Å². The number of aryl methyl sites for hydroxylation is 1. The molecule has 0 radical (unpaired) electrons. The van der Waals surface area contributed by atoms with E-state index in [2.05, 4.69) is 47.7 Å². The number of carbonyl (C=O) groups excluding carboxylic acids is 1. The van der Waals surface area contributed by atoms with Crippen molar-refractivity contribution in [3.63, 3.8) is 0 Å². The summed E-state index contributed by atoms with van der Waals surface area (Å²) < 4.78 is 1.88. The van der Waals surface area contributed by atoms with Gasteiger partial charge in [0.1, 0.15) is 6.54 Å². The van der Waals surface area contributed by atoms with Crippen LogP contribution in [0.3, 0.4) is 0 Å². The van der Waals surface area contributed by atoms with Crippen molar-refractivity contribution >= 4 is 17.7 Å². The Bertz CT molecular complexity index is 707. The summed E-state index contributed by atoms with van der Waals surface area (Å²) in [6.07, 6.45) is 4.15. The molecule has 26 heavy (non-hydrogen) atoms. The number of benzene rings is 1. The van der Waals surface area contributed by atoms with E-state index in [0.717, 1.165) is 31.8 Å². The quantitative estimate of drug-likeness (QED) is 0.760. The molecule has 1 aliphatic heterocycles. The topological polar surface area (TPSA) is 50.2 Å². The fourth-order valence-electron chi connectivity index (χ4n) is 3.23. The number of carbonyl (C=O) groups is 1. The fraction of sp³-hybridized carbons (Fsp3) is 0.500. The maximum absolute atomic E-state index is 12.6. The van der Waals surface area contributed by atoms with Crippen LogP contribution in [-0.2, 0) is 11.3 Å². The smallest absolute Gasteiger partial charge is 0.244 e. The molecule has 140 valence electrons. The first-order chi connectivity index (χ1) is 12.6. The molecule has 0 unspecified atom stereocenters. The molecule has 1 aromatic carbocycles. The maximum Gasteiger partial charge on any atom is 0.244 e. The third-order valence-electron chi connectivity index (χ3n) is 4.89. The Kier molecular flexibility index (Phi) is 6.74. The monoisotopic (exact) mass is 372 g/mol. The van der Waals surface area contributed by atoms with Crippen LogP contribution >= 0.6 is 11.8 Å². The van der Waals surface area contributed by atoms with Crippen LogP contribution in [0.1, 0.15) is 30.0 Å². The lowest BCUT2D eigenvalue weighted by Crippen LogP contribution is -2.34. The Morgan fingerprint density at radius 2 is 2.15 bits per heavy atom. The van der Waals surface area contributed by atoms with E-state index in [1.807, 2.05) is 22.8 Å². The van der Waals surface area contributed by atoms with Gasteiger partial charge < -0.3 is 10.2 Å². The van der Waals surface area contributed by atoms with Gasteiger partial charge in [0.2, 0.25) is 5.91 Å². The molecule has 1 amide bonds. The fourth-order valence-corrected chi connectivity index (χ4v) is 4.16. The van der Waals surface area contributed by atoms with Gasteiger partial charge in [0.25, 0.3) is 0 Å². The SMILES string of the molecule is Cc1ccc(SCCN(C)C(=O)Cn2nccc2[C@H]2CCCNC2)cc1. The minimum Gasteiger partial charge on any atom is -0.343 e. The second-order valence-corrected chi connectivity index (χ2v) is 8.10. The van der Waals surface area contributed by atoms with E-state index < -0.39 is 0 Å². The lowest BCUT2D eigenvalue weighted by molar-refractivity contribution is -0.130. The van der Waals surface area contributed by atoms with Crippen LogP contribution in [0, 0.1) is 6.92 Å². The first kappa shape index (κ1) is 19.0. The Labute approximate surface area is 160 Å². The molecule has 3 rings (SSSR count). The van der Waals surface area contributed by atoms with E-state index in [1.165, 1.54) is 22.6 Å². The van der Waals surface area contributed by atoms with Crippen LogP contribution in [0.2, 0.25) is 0 Å². The highest BCUT2D eigenvalue weighted by molar-refractivity contribution is 7.99. The van der Waals surface area contributed by atoms with Gasteiger partial charge in [-0.1, -0.05) is 17.7 Å². The number of hydrogen-bond acceptors (Lipinski definition) is 4. The summed E-state index contributed by atoms with van der Waals surface area (Å²) in [4.78, 5) is 15.6. The normalized spacial score (nSPS) is 17.2. The summed E-state index contributed by atoms with van der Waals surface area (Å²) in [6, 6.07) is 10.6. The van der Waals surface area contributed by atoms with Gasteiger partial charge in [0.15, 0.2) is 0 Å². The van der Waals surface area contributed by atoms with Gasteiger partial charge in [0, 0.05) is 48.6 Å². The summed E-state index contributed by atoms with van der Waals surface area (Å²) in [5, 5.41) is 7.82. The van der Waals surface area contributed by atoms with Crippen LogP contribution < -0.4 is 5.32 Å². The highest BCUT2D eigenvalue weighted by Gasteiger charge is 2.20. The zero-order chi connectivity index (χ0) is 18.4. The molecule has 6 heteroatoms. The van der Waals surface area contributed by atoms with E-state index in [9.17, 15) is 4.79 Å². The third kappa shape index (κ3) is 5.11. The molecule has 0 bridgehead atoms. The molecule has 2 aromatic rings. The Balaban J connectivity index is 1.48. The van der Waals surface area contributed by atoms with Crippen molar-refractivity contribution in [3.05, 3.63) is 47.8 Å². The summed E-state index contributed by atoms with van der Waals surface area (Å²) in [5.74, 6) is 1.47. The van der Waals surface area contributed by atoms with E-state index in [4.69, 9.17) is 0 Å². The number of rotatable bonds is 7. The molecule has 1 aliphatic rings. The number of nitrogens with zero attached hydrogens (tertiary/aromatic N) is 3. The molecule has 5 nitrogen and oxygen atoms in total. The number of likely N-dealkylation sites (N-methyl/N-ethyl adjacent to an activating group) is 1. The van der Waals surface area contributed by atoms with Gasteiger partial charge in [-0.05, 0) is 44.5 Å². The largest absolute Gasteiger partial charge is 0.343 e. The van der Waals surface area contributed by atoms with Gasteiger partial charge in [-0.25, -0.2) is 0 Å². The van der Waals surface area contributed by atoms with Crippen molar-refractivity contribution in [2.45, 2.75) is 37.1 Å². The van der Waals surface area contributed by atoms with Gasteiger partial charge in [-0.2, -0.15) is 5.10 Å².